The average Bonchev–Trinajstić information content (AvgIpc) is 2.25. The van der Waals surface area contributed by atoms with Crippen molar-refractivity contribution in [2.45, 2.75) is 25.9 Å². The SMILES string of the molecule is C[C@H](N)C(=O)N(C)Cc1cccc(OC(F)(F)F)c1. The van der Waals surface area contributed by atoms with Gasteiger partial charge in [-0.05, 0) is 24.6 Å². The van der Waals surface area contributed by atoms with Crippen LogP contribution >= 0.6 is 0 Å². The van der Waals surface area contributed by atoms with Gasteiger partial charge < -0.3 is 15.4 Å². The molecule has 1 aromatic carbocycles. The molecule has 0 aromatic heterocycles. The Balaban J connectivity index is 2.75. The van der Waals surface area contributed by atoms with Gasteiger partial charge in [-0.1, -0.05) is 12.1 Å². The van der Waals surface area contributed by atoms with Gasteiger partial charge in [-0.15, -0.1) is 13.2 Å². The van der Waals surface area contributed by atoms with Crippen molar-refractivity contribution < 1.29 is 22.7 Å². The van der Waals surface area contributed by atoms with Crippen molar-refractivity contribution in [3.05, 3.63) is 29.8 Å². The number of halogens is 3. The normalized spacial score (nSPS) is 12.9. The van der Waals surface area contributed by atoms with Gasteiger partial charge in [0.15, 0.2) is 0 Å². The lowest BCUT2D eigenvalue weighted by molar-refractivity contribution is -0.274. The van der Waals surface area contributed by atoms with Crippen LogP contribution in [0.3, 0.4) is 0 Å². The van der Waals surface area contributed by atoms with Crippen LogP contribution in [-0.4, -0.2) is 30.3 Å². The number of alkyl halides is 3. The van der Waals surface area contributed by atoms with Gasteiger partial charge in [-0.3, -0.25) is 4.79 Å². The van der Waals surface area contributed by atoms with Crippen molar-refractivity contribution in [2.75, 3.05) is 7.05 Å². The van der Waals surface area contributed by atoms with Gasteiger partial charge in [0.25, 0.3) is 0 Å². The van der Waals surface area contributed by atoms with Crippen molar-refractivity contribution in [1.82, 2.24) is 4.90 Å². The smallest absolute Gasteiger partial charge is 0.406 e. The van der Waals surface area contributed by atoms with Crippen molar-refractivity contribution in [3.8, 4) is 5.75 Å². The van der Waals surface area contributed by atoms with Gasteiger partial charge in [0, 0.05) is 13.6 Å². The topological polar surface area (TPSA) is 55.6 Å². The Hall–Kier alpha value is -1.76. The zero-order valence-corrected chi connectivity index (χ0v) is 10.6. The largest absolute Gasteiger partial charge is 0.573 e. The van der Waals surface area contributed by atoms with Crippen molar-refractivity contribution in [3.63, 3.8) is 0 Å². The maximum atomic E-state index is 12.1. The molecule has 0 saturated carbocycles. The van der Waals surface area contributed by atoms with E-state index in [1.54, 1.807) is 13.0 Å². The van der Waals surface area contributed by atoms with Gasteiger partial charge >= 0.3 is 6.36 Å². The summed E-state index contributed by atoms with van der Waals surface area (Å²) in [5.41, 5.74) is 5.97. The summed E-state index contributed by atoms with van der Waals surface area (Å²) in [4.78, 5) is 12.9. The first-order valence-corrected chi connectivity index (χ1v) is 5.54. The second-order valence-electron chi connectivity index (χ2n) is 4.18. The van der Waals surface area contributed by atoms with Crippen LogP contribution in [0.15, 0.2) is 24.3 Å². The molecule has 1 aromatic rings. The molecule has 0 fully saturated rings. The Bertz CT molecular complexity index is 447. The molecule has 0 heterocycles. The summed E-state index contributed by atoms with van der Waals surface area (Å²) in [5.74, 6) is -0.603. The Morgan fingerprint density at radius 3 is 2.63 bits per heavy atom. The molecule has 19 heavy (non-hydrogen) atoms. The number of nitrogens with zero attached hydrogens (tertiary/aromatic N) is 1. The first kappa shape index (κ1) is 15.3. The molecule has 0 radical (unpaired) electrons. The molecule has 106 valence electrons. The quantitative estimate of drug-likeness (QED) is 0.913. The predicted octanol–water partition coefficient (Wildman–Crippen LogP) is 1.89. The van der Waals surface area contributed by atoms with Crippen LogP contribution in [0.4, 0.5) is 13.2 Å². The number of nitrogens with two attached hydrogens (primary N) is 1. The van der Waals surface area contributed by atoms with E-state index in [4.69, 9.17) is 5.73 Å². The Labute approximate surface area is 108 Å². The Kier molecular flexibility index (Phi) is 4.77. The fourth-order valence-corrected chi connectivity index (χ4v) is 1.54. The van der Waals surface area contributed by atoms with E-state index in [0.717, 1.165) is 0 Å². The molecule has 0 bridgehead atoms. The van der Waals surface area contributed by atoms with Crippen LogP contribution in [0.25, 0.3) is 0 Å². The van der Waals surface area contributed by atoms with E-state index in [1.165, 1.54) is 30.1 Å². The molecule has 4 nitrogen and oxygen atoms in total. The summed E-state index contributed by atoms with van der Waals surface area (Å²) >= 11 is 0. The lowest BCUT2D eigenvalue weighted by Crippen LogP contribution is -2.39. The molecule has 7 heteroatoms. The zero-order chi connectivity index (χ0) is 14.6. The summed E-state index contributed by atoms with van der Waals surface area (Å²) in [6.07, 6.45) is -4.73. The van der Waals surface area contributed by atoms with Crippen LogP contribution < -0.4 is 10.5 Å². The van der Waals surface area contributed by atoms with E-state index in [2.05, 4.69) is 4.74 Å². The van der Waals surface area contributed by atoms with Crippen LogP contribution in [0.2, 0.25) is 0 Å². The summed E-state index contributed by atoms with van der Waals surface area (Å²) < 4.78 is 40.0. The molecule has 0 aliphatic carbocycles. The first-order chi connectivity index (χ1) is 8.69. The molecular formula is C12H15F3N2O2. The number of carbonyl (C=O) groups is 1. The summed E-state index contributed by atoms with van der Waals surface area (Å²) in [6, 6.07) is 4.82. The third kappa shape index (κ3) is 5.17. The molecule has 0 saturated heterocycles. The van der Waals surface area contributed by atoms with E-state index in [9.17, 15) is 18.0 Å². The third-order valence-electron chi connectivity index (χ3n) is 2.32. The first-order valence-electron chi connectivity index (χ1n) is 5.54. The number of ether oxygens (including phenoxy) is 1. The lowest BCUT2D eigenvalue weighted by atomic mass is 10.2. The number of rotatable bonds is 4. The zero-order valence-electron chi connectivity index (χ0n) is 10.6. The molecule has 0 aliphatic rings. The molecule has 2 N–H and O–H groups in total. The highest BCUT2D eigenvalue weighted by atomic mass is 19.4. The van der Waals surface area contributed by atoms with Gasteiger partial charge in [-0.2, -0.15) is 0 Å². The highest BCUT2D eigenvalue weighted by Crippen LogP contribution is 2.23. The van der Waals surface area contributed by atoms with Gasteiger partial charge in [0.2, 0.25) is 5.91 Å². The standard InChI is InChI=1S/C12H15F3N2O2/c1-8(16)11(18)17(2)7-9-4-3-5-10(6-9)19-12(13,14)15/h3-6,8H,7,16H2,1-2H3/t8-/m0/s1. The summed E-state index contributed by atoms with van der Waals surface area (Å²) in [7, 11) is 1.53. The minimum atomic E-state index is -4.73. The van der Waals surface area contributed by atoms with E-state index in [1.807, 2.05) is 0 Å². The number of benzene rings is 1. The second kappa shape index (κ2) is 5.92. The minimum absolute atomic E-state index is 0.162. The number of hydrogen-bond donors (Lipinski definition) is 1. The van der Waals surface area contributed by atoms with E-state index < -0.39 is 12.4 Å². The number of carbonyl (C=O) groups excluding carboxylic acids is 1. The third-order valence-corrected chi connectivity index (χ3v) is 2.32. The molecule has 0 aliphatic heterocycles. The predicted molar refractivity (Wildman–Crippen MR) is 63.2 cm³/mol. The van der Waals surface area contributed by atoms with Crippen LogP contribution in [-0.2, 0) is 11.3 Å². The van der Waals surface area contributed by atoms with Crippen molar-refractivity contribution in [2.24, 2.45) is 5.73 Å². The highest BCUT2D eigenvalue weighted by Gasteiger charge is 2.31. The van der Waals surface area contributed by atoms with Crippen LogP contribution in [0.1, 0.15) is 12.5 Å². The maximum Gasteiger partial charge on any atom is 0.573 e. The second-order valence-corrected chi connectivity index (χ2v) is 4.18. The van der Waals surface area contributed by atoms with E-state index in [-0.39, 0.29) is 18.2 Å². The van der Waals surface area contributed by atoms with Crippen molar-refractivity contribution in [1.29, 1.82) is 0 Å². The fourth-order valence-electron chi connectivity index (χ4n) is 1.54. The van der Waals surface area contributed by atoms with E-state index in [0.29, 0.717) is 5.56 Å². The summed E-state index contributed by atoms with van der Waals surface area (Å²) in [6.45, 7) is 1.71. The number of amides is 1. The lowest BCUT2D eigenvalue weighted by Gasteiger charge is -2.19. The molecule has 0 spiro atoms. The van der Waals surface area contributed by atoms with Gasteiger partial charge in [0.05, 0.1) is 6.04 Å². The minimum Gasteiger partial charge on any atom is -0.406 e. The molecule has 1 amide bonds. The monoisotopic (exact) mass is 276 g/mol. The Morgan fingerprint density at radius 1 is 1.47 bits per heavy atom. The number of likely N-dealkylation sites (N-methyl/N-ethyl adjacent to an activating group) is 1. The van der Waals surface area contributed by atoms with Gasteiger partial charge in [0.1, 0.15) is 5.75 Å². The fraction of sp³-hybridized carbons (Fsp3) is 0.417. The molecular weight excluding hydrogens is 261 g/mol. The maximum absolute atomic E-state index is 12.1. The van der Waals surface area contributed by atoms with Crippen LogP contribution in [0, 0.1) is 0 Å². The van der Waals surface area contributed by atoms with Crippen LogP contribution in [0.5, 0.6) is 5.75 Å². The average molecular weight is 276 g/mol. The molecule has 0 unspecified atom stereocenters. The molecule has 1 rings (SSSR count). The number of hydrogen-bond acceptors (Lipinski definition) is 3. The van der Waals surface area contributed by atoms with Crippen molar-refractivity contribution >= 4 is 5.91 Å². The summed E-state index contributed by atoms with van der Waals surface area (Å²) in [5, 5.41) is 0. The highest BCUT2D eigenvalue weighted by molar-refractivity contribution is 5.80. The Morgan fingerprint density at radius 2 is 2.11 bits per heavy atom. The van der Waals surface area contributed by atoms with E-state index >= 15 is 0 Å². The molecule has 1 atom stereocenters. The van der Waals surface area contributed by atoms with Gasteiger partial charge in [-0.25, -0.2) is 0 Å².